The predicted octanol–water partition coefficient (Wildman–Crippen LogP) is 2.64. The Morgan fingerprint density at radius 3 is 2.44 bits per heavy atom. The van der Waals surface area contributed by atoms with Crippen molar-refractivity contribution in [1.82, 2.24) is 4.90 Å². The van der Waals surface area contributed by atoms with Gasteiger partial charge in [0.2, 0.25) is 5.91 Å². The molecule has 1 aromatic carbocycles. The summed E-state index contributed by atoms with van der Waals surface area (Å²) in [4.78, 5) is 14.2. The Morgan fingerprint density at radius 2 is 1.83 bits per heavy atom. The number of carbonyl (C=O) groups excluding carboxylic acids is 1. The van der Waals surface area contributed by atoms with Crippen molar-refractivity contribution < 1.29 is 9.18 Å². The van der Waals surface area contributed by atoms with Crippen LogP contribution in [0.3, 0.4) is 0 Å². The van der Waals surface area contributed by atoms with Gasteiger partial charge in [-0.1, -0.05) is 6.42 Å². The molecule has 1 N–H and O–H groups in total. The van der Waals surface area contributed by atoms with Gasteiger partial charge in [-0.3, -0.25) is 9.69 Å². The first-order valence-corrected chi connectivity index (χ1v) is 6.47. The molecule has 1 heterocycles. The average molecular weight is 250 g/mol. The fourth-order valence-corrected chi connectivity index (χ4v) is 2.25. The van der Waals surface area contributed by atoms with Gasteiger partial charge >= 0.3 is 0 Å². The van der Waals surface area contributed by atoms with Crippen LogP contribution < -0.4 is 5.32 Å². The second-order valence-electron chi connectivity index (χ2n) is 4.77. The molecular weight excluding hydrogens is 231 g/mol. The lowest BCUT2D eigenvalue weighted by Gasteiger charge is -2.31. The maximum absolute atomic E-state index is 12.8. The number of piperidine rings is 1. The van der Waals surface area contributed by atoms with E-state index in [9.17, 15) is 9.18 Å². The molecule has 1 unspecified atom stereocenters. The largest absolute Gasteiger partial charge is 0.325 e. The first-order valence-electron chi connectivity index (χ1n) is 6.47. The Balaban J connectivity index is 1.92. The topological polar surface area (TPSA) is 32.3 Å². The van der Waals surface area contributed by atoms with Gasteiger partial charge in [0.25, 0.3) is 0 Å². The summed E-state index contributed by atoms with van der Waals surface area (Å²) in [5.41, 5.74) is 0.644. The number of amides is 1. The standard InChI is InChI=1S/C14H19FN2O/c1-11(17-9-3-2-4-10-17)14(18)16-13-7-5-12(15)6-8-13/h5-8,11H,2-4,9-10H2,1H3,(H,16,18). The highest BCUT2D eigenvalue weighted by molar-refractivity contribution is 5.94. The third kappa shape index (κ3) is 3.29. The summed E-state index contributed by atoms with van der Waals surface area (Å²) in [5, 5.41) is 2.82. The van der Waals surface area contributed by atoms with Crippen LogP contribution in [0.25, 0.3) is 0 Å². The molecule has 18 heavy (non-hydrogen) atoms. The SMILES string of the molecule is CC(C(=O)Nc1ccc(F)cc1)N1CCCCC1. The van der Waals surface area contributed by atoms with Crippen molar-refractivity contribution in [2.75, 3.05) is 18.4 Å². The second kappa shape index (κ2) is 5.96. The van der Waals surface area contributed by atoms with E-state index >= 15 is 0 Å². The summed E-state index contributed by atoms with van der Waals surface area (Å²) < 4.78 is 12.8. The highest BCUT2D eigenvalue weighted by Gasteiger charge is 2.22. The van der Waals surface area contributed by atoms with E-state index in [1.165, 1.54) is 18.6 Å². The van der Waals surface area contributed by atoms with Crippen molar-refractivity contribution in [3.8, 4) is 0 Å². The fourth-order valence-electron chi connectivity index (χ4n) is 2.25. The van der Waals surface area contributed by atoms with Crippen molar-refractivity contribution >= 4 is 11.6 Å². The second-order valence-corrected chi connectivity index (χ2v) is 4.77. The molecule has 0 spiro atoms. The summed E-state index contributed by atoms with van der Waals surface area (Å²) in [6.45, 7) is 3.89. The molecule has 1 aliphatic heterocycles. The number of hydrogen-bond donors (Lipinski definition) is 1. The van der Waals surface area contributed by atoms with Crippen molar-refractivity contribution in [3.63, 3.8) is 0 Å². The third-order valence-electron chi connectivity index (χ3n) is 3.43. The highest BCUT2D eigenvalue weighted by atomic mass is 19.1. The lowest BCUT2D eigenvalue weighted by atomic mass is 10.1. The molecule has 1 aromatic rings. The minimum atomic E-state index is -0.294. The molecule has 98 valence electrons. The summed E-state index contributed by atoms with van der Waals surface area (Å²) in [6.07, 6.45) is 3.57. The molecule has 3 nitrogen and oxygen atoms in total. The maximum Gasteiger partial charge on any atom is 0.241 e. The van der Waals surface area contributed by atoms with Gasteiger partial charge < -0.3 is 5.32 Å². The van der Waals surface area contributed by atoms with E-state index < -0.39 is 0 Å². The van der Waals surface area contributed by atoms with E-state index in [-0.39, 0.29) is 17.8 Å². The van der Waals surface area contributed by atoms with E-state index in [0.717, 1.165) is 25.9 Å². The molecular formula is C14H19FN2O. The van der Waals surface area contributed by atoms with Gasteiger partial charge in [-0.05, 0) is 57.1 Å². The average Bonchev–Trinajstić information content (AvgIpc) is 2.41. The molecule has 1 aliphatic rings. The van der Waals surface area contributed by atoms with Crippen molar-refractivity contribution in [1.29, 1.82) is 0 Å². The number of hydrogen-bond acceptors (Lipinski definition) is 2. The van der Waals surface area contributed by atoms with Crippen LogP contribution in [-0.2, 0) is 4.79 Å². The molecule has 2 rings (SSSR count). The monoisotopic (exact) mass is 250 g/mol. The van der Waals surface area contributed by atoms with Gasteiger partial charge in [-0.15, -0.1) is 0 Å². The molecule has 0 aromatic heterocycles. The van der Waals surface area contributed by atoms with Crippen LogP contribution in [0.1, 0.15) is 26.2 Å². The van der Waals surface area contributed by atoms with Crippen molar-refractivity contribution in [3.05, 3.63) is 30.1 Å². The lowest BCUT2D eigenvalue weighted by Crippen LogP contribution is -2.44. The number of likely N-dealkylation sites (tertiary alicyclic amines) is 1. The maximum atomic E-state index is 12.8. The Morgan fingerprint density at radius 1 is 1.22 bits per heavy atom. The minimum absolute atomic E-state index is 0.0245. The van der Waals surface area contributed by atoms with Crippen molar-refractivity contribution in [2.45, 2.75) is 32.2 Å². The molecule has 0 saturated carbocycles. The smallest absolute Gasteiger partial charge is 0.241 e. The Bertz CT molecular complexity index is 399. The van der Waals surface area contributed by atoms with E-state index in [1.54, 1.807) is 12.1 Å². The molecule has 0 bridgehead atoms. The molecule has 0 radical (unpaired) electrons. The predicted molar refractivity (Wildman–Crippen MR) is 69.9 cm³/mol. The summed E-state index contributed by atoms with van der Waals surface area (Å²) >= 11 is 0. The third-order valence-corrected chi connectivity index (χ3v) is 3.43. The number of anilines is 1. The number of rotatable bonds is 3. The van der Waals surface area contributed by atoms with Crippen molar-refractivity contribution in [2.24, 2.45) is 0 Å². The zero-order valence-corrected chi connectivity index (χ0v) is 10.7. The molecule has 1 atom stereocenters. The first kappa shape index (κ1) is 13.0. The van der Waals surface area contributed by atoms with Gasteiger partial charge in [0.15, 0.2) is 0 Å². The summed E-state index contributed by atoms with van der Waals surface area (Å²) in [5.74, 6) is -0.319. The van der Waals surface area contributed by atoms with Crippen LogP contribution in [-0.4, -0.2) is 29.9 Å². The fraction of sp³-hybridized carbons (Fsp3) is 0.500. The molecule has 1 saturated heterocycles. The quantitative estimate of drug-likeness (QED) is 0.894. The first-order chi connectivity index (χ1) is 8.66. The van der Waals surface area contributed by atoms with Crippen LogP contribution in [0.5, 0.6) is 0 Å². The Labute approximate surface area is 107 Å². The summed E-state index contributed by atoms with van der Waals surface area (Å²) in [7, 11) is 0. The lowest BCUT2D eigenvalue weighted by molar-refractivity contribution is -0.121. The van der Waals surface area contributed by atoms with Crippen LogP contribution >= 0.6 is 0 Å². The normalized spacial score (nSPS) is 18.3. The number of benzene rings is 1. The van der Waals surface area contributed by atoms with Crippen LogP contribution in [0.4, 0.5) is 10.1 Å². The Kier molecular flexibility index (Phi) is 4.31. The summed E-state index contributed by atoms with van der Waals surface area (Å²) in [6, 6.07) is 5.73. The van der Waals surface area contributed by atoms with E-state index in [0.29, 0.717) is 5.69 Å². The van der Waals surface area contributed by atoms with E-state index in [4.69, 9.17) is 0 Å². The molecule has 4 heteroatoms. The van der Waals surface area contributed by atoms with E-state index in [2.05, 4.69) is 10.2 Å². The number of nitrogens with one attached hydrogen (secondary N) is 1. The zero-order chi connectivity index (χ0) is 13.0. The number of halogens is 1. The van der Waals surface area contributed by atoms with Gasteiger partial charge in [0, 0.05) is 5.69 Å². The zero-order valence-electron chi connectivity index (χ0n) is 10.7. The highest BCUT2D eigenvalue weighted by Crippen LogP contribution is 2.14. The van der Waals surface area contributed by atoms with E-state index in [1.807, 2.05) is 6.92 Å². The Hall–Kier alpha value is -1.42. The molecule has 1 amide bonds. The molecule has 1 fully saturated rings. The van der Waals surface area contributed by atoms with Crippen LogP contribution in [0.15, 0.2) is 24.3 Å². The number of carbonyl (C=O) groups is 1. The van der Waals surface area contributed by atoms with Crippen LogP contribution in [0, 0.1) is 5.82 Å². The van der Waals surface area contributed by atoms with Gasteiger partial charge in [0.1, 0.15) is 5.82 Å². The number of nitrogens with zero attached hydrogens (tertiary/aromatic N) is 1. The molecule has 0 aliphatic carbocycles. The minimum Gasteiger partial charge on any atom is -0.325 e. The van der Waals surface area contributed by atoms with Crippen LogP contribution in [0.2, 0.25) is 0 Å². The van der Waals surface area contributed by atoms with Gasteiger partial charge in [0.05, 0.1) is 6.04 Å². The van der Waals surface area contributed by atoms with Gasteiger partial charge in [-0.2, -0.15) is 0 Å². The van der Waals surface area contributed by atoms with Gasteiger partial charge in [-0.25, -0.2) is 4.39 Å².